The van der Waals surface area contributed by atoms with E-state index in [9.17, 15) is 21.4 Å². The molecule has 0 saturated heterocycles. The van der Waals surface area contributed by atoms with Crippen molar-refractivity contribution in [3.63, 3.8) is 0 Å². The number of hydrogen-bond acceptors (Lipinski definition) is 7. The fourth-order valence-corrected chi connectivity index (χ4v) is 7.35. The highest BCUT2D eigenvalue weighted by atomic mass is 32.2. The summed E-state index contributed by atoms with van der Waals surface area (Å²) < 4.78 is 67.2. The molecule has 216 valence electrons. The van der Waals surface area contributed by atoms with E-state index >= 15 is 0 Å². The standard InChI is InChI=1S/C18H15S.C14H14O7S2/c1-4-10-16(11-5-1)19(17-12-6-2-7-13-17)18-14-8-3-9-15-18;1-10-3-5-11(6-4-10)23(18,19)21-13-8-7-12(22(15,16)17)9-14(13)20-2/h1-15H;3-9H,1-2H3,(H,15,16,17)/q+1;/p-1. The molecule has 0 aliphatic heterocycles. The van der Waals surface area contributed by atoms with Crippen LogP contribution in [0.5, 0.6) is 11.5 Å². The smallest absolute Gasteiger partial charge is 0.339 e. The minimum atomic E-state index is -4.69. The van der Waals surface area contributed by atoms with E-state index in [0.29, 0.717) is 0 Å². The molecule has 0 N–H and O–H groups in total. The summed E-state index contributed by atoms with van der Waals surface area (Å²) >= 11 is 0. The van der Waals surface area contributed by atoms with Crippen LogP contribution in [0.3, 0.4) is 0 Å². The fourth-order valence-electron chi connectivity index (χ4n) is 3.82. The zero-order chi connectivity index (χ0) is 30.2. The van der Waals surface area contributed by atoms with E-state index in [-0.39, 0.29) is 27.3 Å². The van der Waals surface area contributed by atoms with Gasteiger partial charge in [0.1, 0.15) is 15.0 Å². The first-order chi connectivity index (χ1) is 20.1. The molecule has 5 aromatic carbocycles. The third-order valence-electron chi connectivity index (χ3n) is 5.87. The van der Waals surface area contributed by atoms with E-state index in [1.165, 1.54) is 33.9 Å². The molecular weight excluding hydrogens is 593 g/mol. The number of ether oxygens (including phenoxy) is 1. The van der Waals surface area contributed by atoms with Crippen LogP contribution in [0.25, 0.3) is 0 Å². The molecule has 0 amide bonds. The molecule has 0 aliphatic rings. The molecule has 5 aromatic rings. The van der Waals surface area contributed by atoms with Crippen LogP contribution in [0, 0.1) is 6.92 Å². The highest BCUT2D eigenvalue weighted by molar-refractivity contribution is 7.97. The van der Waals surface area contributed by atoms with E-state index in [4.69, 9.17) is 8.92 Å². The Kier molecular flexibility index (Phi) is 10.1. The molecule has 0 fully saturated rings. The van der Waals surface area contributed by atoms with Crippen LogP contribution in [0.2, 0.25) is 0 Å². The van der Waals surface area contributed by atoms with Gasteiger partial charge in [0.15, 0.2) is 26.2 Å². The molecule has 42 heavy (non-hydrogen) atoms. The fraction of sp³-hybridized carbons (Fsp3) is 0.0625. The maximum absolute atomic E-state index is 12.2. The van der Waals surface area contributed by atoms with Crippen molar-refractivity contribution in [2.75, 3.05) is 7.11 Å². The Labute approximate surface area is 249 Å². The lowest BCUT2D eigenvalue weighted by Gasteiger charge is -2.13. The van der Waals surface area contributed by atoms with Gasteiger partial charge in [0.05, 0.1) is 22.9 Å². The van der Waals surface area contributed by atoms with Crippen LogP contribution in [0.15, 0.2) is 158 Å². The van der Waals surface area contributed by atoms with Gasteiger partial charge in [-0.15, -0.1) is 0 Å². The van der Waals surface area contributed by atoms with Crippen molar-refractivity contribution in [1.82, 2.24) is 0 Å². The third-order valence-corrected chi connectivity index (χ3v) is 10.2. The van der Waals surface area contributed by atoms with E-state index in [2.05, 4.69) is 91.0 Å². The predicted molar refractivity (Wildman–Crippen MR) is 161 cm³/mol. The van der Waals surface area contributed by atoms with Crippen molar-refractivity contribution in [3.8, 4) is 11.5 Å². The molecule has 0 aromatic heterocycles. The zero-order valence-corrected chi connectivity index (χ0v) is 25.2. The van der Waals surface area contributed by atoms with Crippen LogP contribution in [0.1, 0.15) is 5.56 Å². The highest BCUT2D eigenvalue weighted by Crippen LogP contribution is 2.32. The maximum atomic E-state index is 12.2. The van der Waals surface area contributed by atoms with Crippen LogP contribution < -0.4 is 8.92 Å². The Morgan fingerprint density at radius 3 is 1.40 bits per heavy atom. The van der Waals surface area contributed by atoms with Crippen molar-refractivity contribution >= 4 is 31.1 Å². The van der Waals surface area contributed by atoms with Gasteiger partial charge in [0.25, 0.3) is 0 Å². The molecule has 5 rings (SSSR count). The predicted octanol–water partition coefficient (Wildman–Crippen LogP) is 6.46. The summed E-state index contributed by atoms with van der Waals surface area (Å²) in [5.41, 5.74) is 0.881. The van der Waals surface area contributed by atoms with Crippen molar-refractivity contribution in [2.45, 2.75) is 31.4 Å². The van der Waals surface area contributed by atoms with Crippen LogP contribution >= 0.6 is 0 Å². The van der Waals surface area contributed by atoms with Gasteiger partial charge in [0.2, 0.25) is 0 Å². The molecule has 0 spiro atoms. The summed E-state index contributed by atoms with van der Waals surface area (Å²) in [6, 6.07) is 41.0. The Bertz CT molecular complexity index is 1720. The first-order valence-electron chi connectivity index (χ1n) is 12.6. The zero-order valence-electron chi connectivity index (χ0n) is 22.8. The summed E-state index contributed by atoms with van der Waals surface area (Å²) in [5.74, 6) is -0.405. The molecule has 0 atom stereocenters. The second kappa shape index (κ2) is 13.7. The number of methoxy groups -OCH3 is 1. The molecule has 0 aliphatic carbocycles. The quantitative estimate of drug-likeness (QED) is 0.111. The Balaban J connectivity index is 0.000000196. The molecular formula is C32H28O7S3. The Hall–Kier alpha value is -4.09. The van der Waals surface area contributed by atoms with E-state index < -0.39 is 25.1 Å². The van der Waals surface area contributed by atoms with Gasteiger partial charge >= 0.3 is 10.1 Å². The van der Waals surface area contributed by atoms with Crippen molar-refractivity contribution < 1.29 is 30.3 Å². The summed E-state index contributed by atoms with van der Waals surface area (Å²) in [4.78, 5) is 3.47. The normalized spacial score (nSPS) is 11.3. The molecule has 0 bridgehead atoms. The first kappa shape index (κ1) is 30.9. The number of hydrogen-bond donors (Lipinski definition) is 0. The topological polar surface area (TPSA) is 110 Å². The average Bonchev–Trinajstić information content (AvgIpc) is 2.99. The highest BCUT2D eigenvalue weighted by Gasteiger charge is 2.27. The second-order valence-electron chi connectivity index (χ2n) is 8.86. The molecule has 0 saturated carbocycles. The lowest BCUT2D eigenvalue weighted by atomic mass is 10.2. The lowest BCUT2D eigenvalue weighted by molar-refractivity contribution is 0.388. The van der Waals surface area contributed by atoms with Crippen LogP contribution in [-0.4, -0.2) is 28.5 Å². The van der Waals surface area contributed by atoms with E-state index in [1.54, 1.807) is 12.1 Å². The molecule has 0 unspecified atom stereocenters. The monoisotopic (exact) mass is 620 g/mol. The van der Waals surface area contributed by atoms with Crippen molar-refractivity contribution in [2.24, 2.45) is 0 Å². The number of aryl methyl sites for hydroxylation is 1. The van der Waals surface area contributed by atoms with Gasteiger partial charge < -0.3 is 13.5 Å². The van der Waals surface area contributed by atoms with Gasteiger partial charge in [-0.1, -0.05) is 72.3 Å². The Morgan fingerprint density at radius 1 is 0.571 bits per heavy atom. The lowest BCUT2D eigenvalue weighted by Crippen LogP contribution is -2.11. The first-order valence-corrected chi connectivity index (χ1v) is 16.7. The SMILES string of the molecule is COc1cc(S(=O)(=O)[O-])ccc1OS(=O)(=O)c1ccc(C)cc1.c1ccc([S+](c2ccccc2)c2ccccc2)cc1. The molecule has 0 heterocycles. The van der Waals surface area contributed by atoms with Gasteiger partial charge in [-0.3, -0.25) is 0 Å². The van der Waals surface area contributed by atoms with E-state index in [0.717, 1.165) is 23.8 Å². The number of benzene rings is 5. The summed E-state index contributed by atoms with van der Waals surface area (Å²) in [5, 5.41) is 0. The summed E-state index contributed by atoms with van der Waals surface area (Å²) in [6.07, 6.45) is 0. The van der Waals surface area contributed by atoms with Gasteiger partial charge in [-0.25, -0.2) is 8.42 Å². The van der Waals surface area contributed by atoms with Crippen LogP contribution in [-0.2, 0) is 31.1 Å². The van der Waals surface area contributed by atoms with E-state index in [1.807, 2.05) is 6.92 Å². The second-order valence-corrected chi connectivity index (χ2v) is 13.8. The van der Waals surface area contributed by atoms with Crippen LogP contribution in [0.4, 0.5) is 0 Å². The largest absolute Gasteiger partial charge is 0.744 e. The minimum absolute atomic E-state index is 0.0146. The van der Waals surface area contributed by atoms with Crippen molar-refractivity contribution in [1.29, 1.82) is 0 Å². The van der Waals surface area contributed by atoms with Crippen molar-refractivity contribution in [3.05, 3.63) is 139 Å². The maximum Gasteiger partial charge on any atom is 0.339 e. The van der Waals surface area contributed by atoms with Gasteiger partial charge in [0, 0.05) is 6.07 Å². The minimum Gasteiger partial charge on any atom is -0.744 e. The molecule has 10 heteroatoms. The summed E-state index contributed by atoms with van der Waals surface area (Å²) in [6.45, 7) is 1.81. The molecule has 7 nitrogen and oxygen atoms in total. The average molecular weight is 621 g/mol. The summed E-state index contributed by atoms with van der Waals surface area (Å²) in [7, 11) is -7.62. The number of rotatable bonds is 8. The third kappa shape index (κ3) is 8.01. The van der Waals surface area contributed by atoms with Gasteiger partial charge in [-0.05, 0) is 67.6 Å². The van der Waals surface area contributed by atoms with Gasteiger partial charge in [-0.2, -0.15) is 8.42 Å². The molecule has 0 radical (unpaired) electrons. The Morgan fingerprint density at radius 2 is 1.00 bits per heavy atom.